The molecule has 0 bridgehead atoms. The summed E-state index contributed by atoms with van der Waals surface area (Å²) in [6, 6.07) is 13.9. The van der Waals surface area contributed by atoms with Crippen LogP contribution in [0.4, 0.5) is 5.69 Å². The minimum Gasteiger partial charge on any atom is -0.323 e. The molecular weight excluding hydrogens is 456 g/mol. The second-order valence-corrected chi connectivity index (χ2v) is 9.17. The van der Waals surface area contributed by atoms with Gasteiger partial charge in [-0.3, -0.25) is 14.2 Å². The molecule has 0 aliphatic heterocycles. The van der Waals surface area contributed by atoms with E-state index in [-0.39, 0.29) is 12.2 Å². The van der Waals surface area contributed by atoms with Crippen molar-refractivity contribution in [3.8, 4) is 5.69 Å². The minimum atomic E-state index is -0.633. The van der Waals surface area contributed by atoms with Gasteiger partial charge in [-0.1, -0.05) is 47.6 Å². The highest BCUT2D eigenvalue weighted by molar-refractivity contribution is 8.00. The number of amides is 1. The van der Waals surface area contributed by atoms with Crippen molar-refractivity contribution in [3.63, 3.8) is 0 Å². The second kappa shape index (κ2) is 8.70. The van der Waals surface area contributed by atoms with Gasteiger partial charge in [-0.2, -0.15) is 0 Å². The Morgan fingerprint density at radius 3 is 2.61 bits per heavy atom. The number of hydrogen-bond acceptors (Lipinski definition) is 6. The molecule has 1 N–H and O–H groups in total. The Morgan fingerprint density at radius 2 is 1.94 bits per heavy atom. The maximum atomic E-state index is 13.3. The molecule has 0 saturated carbocycles. The number of benzene rings is 2. The summed E-state index contributed by atoms with van der Waals surface area (Å²) in [6.07, 6.45) is 1.84. The zero-order valence-corrected chi connectivity index (χ0v) is 19.0. The number of thioether (sulfide) groups is 1. The molecular formula is C21H17ClN4O3S2. The van der Waals surface area contributed by atoms with Crippen molar-refractivity contribution in [2.24, 2.45) is 0 Å². The number of nitrogens with one attached hydrogen (secondary N) is 1. The molecule has 2 aromatic heterocycles. The summed E-state index contributed by atoms with van der Waals surface area (Å²) in [5.41, 5.74) is 0.939. The lowest BCUT2D eigenvalue weighted by molar-refractivity contribution is -0.116. The van der Waals surface area contributed by atoms with Gasteiger partial charge in [0.15, 0.2) is 9.99 Å². The van der Waals surface area contributed by atoms with E-state index >= 15 is 0 Å². The molecule has 0 unspecified atom stereocenters. The fourth-order valence-corrected chi connectivity index (χ4v) is 4.88. The normalized spacial score (nSPS) is 11.1. The number of carbonyl (C=O) groups excluding carboxylic acids is 1. The Balaban J connectivity index is 1.82. The van der Waals surface area contributed by atoms with E-state index in [2.05, 4.69) is 10.3 Å². The quantitative estimate of drug-likeness (QED) is 0.445. The van der Waals surface area contributed by atoms with Gasteiger partial charge in [0.25, 0.3) is 5.56 Å². The van der Waals surface area contributed by atoms with Crippen LogP contribution in [0.5, 0.6) is 0 Å². The van der Waals surface area contributed by atoms with Crippen molar-refractivity contribution in [1.82, 2.24) is 14.1 Å². The second-order valence-electron chi connectivity index (χ2n) is 6.71. The van der Waals surface area contributed by atoms with Crippen LogP contribution in [0, 0.1) is 6.92 Å². The molecule has 2 aromatic carbocycles. The molecule has 0 saturated heterocycles. The van der Waals surface area contributed by atoms with Crippen LogP contribution in [-0.4, -0.2) is 26.3 Å². The summed E-state index contributed by atoms with van der Waals surface area (Å²) in [6.45, 7) is 1.58. The lowest BCUT2D eigenvalue weighted by atomic mass is 10.2. The van der Waals surface area contributed by atoms with Crippen LogP contribution in [0.15, 0.2) is 62.5 Å². The van der Waals surface area contributed by atoms with Crippen LogP contribution in [0.3, 0.4) is 0 Å². The van der Waals surface area contributed by atoms with Crippen molar-refractivity contribution < 1.29 is 4.79 Å². The fraction of sp³-hybridized carbons (Fsp3) is 0.143. The van der Waals surface area contributed by atoms with Gasteiger partial charge in [-0.15, -0.1) is 11.3 Å². The number of aryl methyl sites for hydroxylation is 1. The highest BCUT2D eigenvalue weighted by atomic mass is 35.5. The van der Waals surface area contributed by atoms with E-state index in [1.165, 1.54) is 27.7 Å². The summed E-state index contributed by atoms with van der Waals surface area (Å²) in [5.74, 6) is -0.453. The average molecular weight is 473 g/mol. The number of para-hydroxylation sites is 1. The molecule has 0 fully saturated rings. The molecule has 0 aliphatic carbocycles. The van der Waals surface area contributed by atoms with E-state index in [9.17, 15) is 14.4 Å². The number of nitrogens with zero attached hydrogens (tertiary/aromatic N) is 3. The van der Waals surface area contributed by atoms with Crippen molar-refractivity contribution in [2.45, 2.75) is 17.8 Å². The third-order valence-electron chi connectivity index (χ3n) is 4.55. The molecule has 7 nitrogen and oxygen atoms in total. The molecule has 2 heterocycles. The topological polar surface area (TPSA) is 86.0 Å². The Hall–Kier alpha value is -2.88. The van der Waals surface area contributed by atoms with Crippen LogP contribution < -0.4 is 16.6 Å². The lowest BCUT2D eigenvalue weighted by Gasteiger charge is -2.12. The average Bonchev–Trinajstić information content (AvgIpc) is 3.19. The number of anilines is 1. The summed E-state index contributed by atoms with van der Waals surface area (Å²) in [4.78, 5) is 43.5. The first kappa shape index (κ1) is 21.4. The van der Waals surface area contributed by atoms with Gasteiger partial charge in [0.05, 0.1) is 16.4 Å². The van der Waals surface area contributed by atoms with Gasteiger partial charge in [-0.05, 0) is 43.0 Å². The number of hydrogen-bond donors (Lipinski definition) is 1. The number of carbonyl (C=O) groups is 1. The fourth-order valence-electron chi connectivity index (χ4n) is 3.10. The molecule has 10 heteroatoms. The summed E-state index contributed by atoms with van der Waals surface area (Å²) >= 11 is 8.78. The smallest absolute Gasteiger partial charge is 0.323 e. The van der Waals surface area contributed by atoms with Crippen molar-refractivity contribution >= 4 is 56.6 Å². The van der Waals surface area contributed by atoms with Crippen LogP contribution in [0.25, 0.3) is 16.0 Å². The van der Waals surface area contributed by atoms with E-state index in [0.717, 1.165) is 10.1 Å². The predicted octanol–water partition coefficient (Wildman–Crippen LogP) is 3.93. The maximum absolute atomic E-state index is 13.3. The summed E-state index contributed by atoms with van der Waals surface area (Å²) in [7, 11) is 0. The third kappa shape index (κ3) is 4.16. The molecule has 31 heavy (non-hydrogen) atoms. The molecule has 4 aromatic rings. The van der Waals surface area contributed by atoms with Crippen LogP contribution in [0.1, 0.15) is 5.56 Å². The molecule has 158 valence electrons. The van der Waals surface area contributed by atoms with E-state index in [0.29, 0.717) is 25.4 Å². The SMILES string of the molecule is CSc1nc2c(s1)c(=O)n(-c1ccccc1)c(=O)n2CC(=O)Nc1ccc(C)cc1Cl. The first-order valence-electron chi connectivity index (χ1n) is 9.21. The number of thiazole rings is 1. The van der Waals surface area contributed by atoms with Gasteiger partial charge in [0, 0.05) is 0 Å². The number of aromatic nitrogens is 3. The van der Waals surface area contributed by atoms with Crippen molar-refractivity contribution in [2.75, 3.05) is 11.6 Å². The van der Waals surface area contributed by atoms with Crippen LogP contribution in [0.2, 0.25) is 5.02 Å². The molecule has 4 rings (SSSR count). The number of fused-ring (bicyclic) bond motifs is 1. The van der Waals surface area contributed by atoms with Crippen molar-refractivity contribution in [1.29, 1.82) is 0 Å². The van der Waals surface area contributed by atoms with Gasteiger partial charge >= 0.3 is 5.69 Å². The molecule has 0 aliphatic rings. The maximum Gasteiger partial charge on any atom is 0.337 e. The van der Waals surface area contributed by atoms with Crippen molar-refractivity contribution in [3.05, 3.63) is 80.0 Å². The molecule has 1 amide bonds. The first-order chi connectivity index (χ1) is 14.9. The standard InChI is InChI=1S/C21H17ClN4O3S2/c1-12-8-9-15(14(22)10-12)23-16(27)11-25-18-17(31-20(24-18)30-2)19(28)26(21(25)29)13-6-4-3-5-7-13/h3-10H,11H2,1-2H3,(H,23,27). The lowest BCUT2D eigenvalue weighted by Crippen LogP contribution is -2.40. The number of rotatable bonds is 5. The molecule has 0 atom stereocenters. The van der Waals surface area contributed by atoms with Crippen LogP contribution in [-0.2, 0) is 11.3 Å². The minimum absolute atomic E-state index is 0.196. The van der Waals surface area contributed by atoms with Gasteiger partial charge in [-0.25, -0.2) is 14.3 Å². The van der Waals surface area contributed by atoms with E-state index < -0.39 is 17.2 Å². The predicted molar refractivity (Wildman–Crippen MR) is 126 cm³/mol. The van der Waals surface area contributed by atoms with Gasteiger partial charge < -0.3 is 5.32 Å². The summed E-state index contributed by atoms with van der Waals surface area (Å²) < 4.78 is 3.23. The van der Waals surface area contributed by atoms with Gasteiger partial charge in [0.2, 0.25) is 5.91 Å². The van der Waals surface area contributed by atoms with E-state index in [1.807, 2.05) is 19.2 Å². The molecule has 0 radical (unpaired) electrons. The van der Waals surface area contributed by atoms with E-state index in [1.54, 1.807) is 42.5 Å². The summed E-state index contributed by atoms with van der Waals surface area (Å²) in [5, 5.41) is 3.13. The first-order valence-corrected chi connectivity index (χ1v) is 11.6. The Kier molecular flexibility index (Phi) is 5.99. The Bertz CT molecular complexity index is 1410. The zero-order valence-electron chi connectivity index (χ0n) is 16.6. The largest absolute Gasteiger partial charge is 0.337 e. The van der Waals surface area contributed by atoms with Gasteiger partial charge in [0.1, 0.15) is 11.2 Å². The molecule has 0 spiro atoms. The van der Waals surface area contributed by atoms with E-state index in [4.69, 9.17) is 11.6 Å². The highest BCUT2D eigenvalue weighted by Crippen LogP contribution is 2.26. The number of halogens is 1. The Labute approximate surface area is 190 Å². The Morgan fingerprint density at radius 1 is 1.19 bits per heavy atom. The highest BCUT2D eigenvalue weighted by Gasteiger charge is 2.20. The third-order valence-corrected chi connectivity index (χ3v) is 6.88. The monoisotopic (exact) mass is 472 g/mol. The zero-order chi connectivity index (χ0) is 22.1. The van der Waals surface area contributed by atoms with Crippen LogP contribution >= 0.6 is 34.7 Å².